The molecular weight excluding hydrogens is 320 g/mol. The molecule has 4 nitrogen and oxygen atoms in total. The average molecular weight is 348 g/mol. The van der Waals surface area contributed by atoms with Crippen LogP contribution in [0.25, 0.3) is 22.4 Å². The SMILES string of the molecule is CC(C)NCC1CCCN1Cc1ccc(-c2nc3ccccc3[nH]2)cc1. The van der Waals surface area contributed by atoms with Crippen molar-refractivity contribution in [2.75, 3.05) is 13.1 Å². The topological polar surface area (TPSA) is 44.0 Å². The van der Waals surface area contributed by atoms with E-state index in [2.05, 4.69) is 59.4 Å². The van der Waals surface area contributed by atoms with E-state index in [-0.39, 0.29) is 0 Å². The maximum Gasteiger partial charge on any atom is 0.138 e. The van der Waals surface area contributed by atoms with Crippen LogP contribution >= 0.6 is 0 Å². The van der Waals surface area contributed by atoms with Crippen LogP contribution in [0.15, 0.2) is 48.5 Å². The number of aromatic nitrogens is 2. The van der Waals surface area contributed by atoms with Crippen molar-refractivity contribution in [1.82, 2.24) is 20.2 Å². The monoisotopic (exact) mass is 348 g/mol. The molecule has 0 radical (unpaired) electrons. The molecule has 1 atom stereocenters. The molecule has 4 heteroatoms. The van der Waals surface area contributed by atoms with Gasteiger partial charge >= 0.3 is 0 Å². The molecule has 1 fully saturated rings. The third-order valence-electron chi connectivity index (χ3n) is 5.26. The summed E-state index contributed by atoms with van der Waals surface area (Å²) in [5.74, 6) is 0.943. The Labute approximate surface area is 155 Å². The van der Waals surface area contributed by atoms with Gasteiger partial charge < -0.3 is 10.3 Å². The lowest BCUT2D eigenvalue weighted by atomic mass is 10.1. The number of fused-ring (bicyclic) bond motifs is 1. The van der Waals surface area contributed by atoms with Crippen molar-refractivity contribution in [2.24, 2.45) is 0 Å². The summed E-state index contributed by atoms with van der Waals surface area (Å²) in [4.78, 5) is 10.7. The standard InChI is InChI=1S/C22H28N4/c1-16(2)23-14-19-6-5-13-26(19)15-17-9-11-18(12-10-17)22-24-20-7-3-4-8-21(20)25-22/h3-4,7-12,16,19,23H,5-6,13-15H2,1-2H3,(H,24,25). The first-order valence-corrected chi connectivity index (χ1v) is 9.70. The lowest BCUT2D eigenvalue weighted by Gasteiger charge is -2.25. The molecule has 0 saturated carbocycles. The summed E-state index contributed by atoms with van der Waals surface area (Å²) >= 11 is 0. The molecule has 1 aliphatic rings. The van der Waals surface area contributed by atoms with E-state index in [4.69, 9.17) is 4.98 Å². The Bertz CT molecular complexity index is 817. The number of nitrogens with zero attached hydrogens (tertiary/aromatic N) is 2. The van der Waals surface area contributed by atoms with Crippen LogP contribution in [-0.4, -0.2) is 40.0 Å². The van der Waals surface area contributed by atoms with Crippen molar-refractivity contribution in [2.45, 2.75) is 45.3 Å². The highest BCUT2D eigenvalue weighted by Crippen LogP contribution is 2.23. The normalized spacial score (nSPS) is 18.2. The van der Waals surface area contributed by atoms with Crippen LogP contribution in [-0.2, 0) is 6.54 Å². The average Bonchev–Trinajstić information content (AvgIpc) is 3.27. The van der Waals surface area contributed by atoms with Crippen molar-refractivity contribution in [3.63, 3.8) is 0 Å². The minimum atomic E-state index is 0.556. The number of imidazole rings is 1. The predicted molar refractivity (Wildman–Crippen MR) is 108 cm³/mol. The van der Waals surface area contributed by atoms with E-state index in [9.17, 15) is 0 Å². The van der Waals surface area contributed by atoms with Crippen molar-refractivity contribution < 1.29 is 0 Å². The number of H-pyrrole nitrogens is 1. The van der Waals surface area contributed by atoms with Gasteiger partial charge in [-0.1, -0.05) is 50.2 Å². The zero-order valence-electron chi connectivity index (χ0n) is 15.7. The summed E-state index contributed by atoms with van der Waals surface area (Å²) in [6.45, 7) is 7.77. The Morgan fingerprint density at radius 2 is 1.96 bits per heavy atom. The molecule has 136 valence electrons. The highest BCUT2D eigenvalue weighted by molar-refractivity contribution is 5.79. The van der Waals surface area contributed by atoms with Crippen LogP contribution in [0.2, 0.25) is 0 Å². The van der Waals surface area contributed by atoms with Gasteiger partial charge in [-0.2, -0.15) is 0 Å². The number of aromatic amines is 1. The smallest absolute Gasteiger partial charge is 0.138 e. The minimum Gasteiger partial charge on any atom is -0.338 e. The summed E-state index contributed by atoms with van der Waals surface area (Å²) in [5, 5.41) is 3.59. The van der Waals surface area contributed by atoms with E-state index in [1.165, 1.54) is 24.9 Å². The maximum absolute atomic E-state index is 4.69. The highest BCUT2D eigenvalue weighted by Gasteiger charge is 2.24. The maximum atomic E-state index is 4.69. The molecule has 26 heavy (non-hydrogen) atoms. The quantitative estimate of drug-likeness (QED) is 0.702. The molecule has 1 aromatic heterocycles. The van der Waals surface area contributed by atoms with Gasteiger partial charge in [0.05, 0.1) is 11.0 Å². The number of hydrogen-bond acceptors (Lipinski definition) is 3. The van der Waals surface area contributed by atoms with Gasteiger partial charge in [-0.05, 0) is 37.1 Å². The second-order valence-corrected chi connectivity index (χ2v) is 7.63. The molecule has 0 bridgehead atoms. The lowest BCUT2D eigenvalue weighted by Crippen LogP contribution is -2.39. The number of nitrogens with one attached hydrogen (secondary N) is 2. The molecule has 2 aromatic carbocycles. The van der Waals surface area contributed by atoms with Gasteiger partial charge in [-0.25, -0.2) is 4.98 Å². The van der Waals surface area contributed by atoms with Crippen molar-refractivity contribution in [3.8, 4) is 11.4 Å². The Hall–Kier alpha value is -2.17. The molecule has 1 unspecified atom stereocenters. The number of benzene rings is 2. The third kappa shape index (κ3) is 3.81. The molecule has 1 aliphatic heterocycles. The van der Waals surface area contributed by atoms with E-state index in [1.54, 1.807) is 0 Å². The third-order valence-corrected chi connectivity index (χ3v) is 5.26. The Balaban J connectivity index is 1.44. The first-order chi connectivity index (χ1) is 12.7. The molecule has 0 spiro atoms. The fourth-order valence-corrected chi connectivity index (χ4v) is 3.80. The summed E-state index contributed by atoms with van der Waals surface area (Å²) in [7, 11) is 0. The fraction of sp³-hybridized carbons (Fsp3) is 0.409. The molecular formula is C22H28N4. The molecule has 2 heterocycles. The van der Waals surface area contributed by atoms with Crippen LogP contribution in [0.5, 0.6) is 0 Å². The van der Waals surface area contributed by atoms with Crippen LogP contribution in [0.4, 0.5) is 0 Å². The number of para-hydroxylation sites is 2. The first kappa shape index (κ1) is 17.3. The Morgan fingerprint density at radius 1 is 1.15 bits per heavy atom. The van der Waals surface area contributed by atoms with Crippen molar-refractivity contribution in [3.05, 3.63) is 54.1 Å². The number of rotatable bonds is 6. The van der Waals surface area contributed by atoms with Gasteiger partial charge in [0.2, 0.25) is 0 Å². The molecule has 0 aliphatic carbocycles. The summed E-state index contributed by atoms with van der Waals surface area (Å²) in [6.07, 6.45) is 2.61. The van der Waals surface area contributed by atoms with Gasteiger partial charge in [0, 0.05) is 30.7 Å². The second-order valence-electron chi connectivity index (χ2n) is 7.63. The molecule has 2 N–H and O–H groups in total. The van der Waals surface area contributed by atoms with Crippen LogP contribution < -0.4 is 5.32 Å². The number of hydrogen-bond donors (Lipinski definition) is 2. The molecule has 4 rings (SSSR count). The van der Waals surface area contributed by atoms with Crippen molar-refractivity contribution >= 4 is 11.0 Å². The predicted octanol–water partition coefficient (Wildman–Crippen LogP) is 4.19. The highest BCUT2D eigenvalue weighted by atomic mass is 15.2. The van der Waals surface area contributed by atoms with Gasteiger partial charge in [-0.3, -0.25) is 4.90 Å². The Kier molecular flexibility index (Phi) is 5.05. The van der Waals surface area contributed by atoms with E-state index < -0.39 is 0 Å². The number of likely N-dealkylation sites (tertiary alicyclic amines) is 1. The second kappa shape index (κ2) is 7.60. The largest absolute Gasteiger partial charge is 0.338 e. The van der Waals surface area contributed by atoms with Crippen LogP contribution in [0.3, 0.4) is 0 Å². The van der Waals surface area contributed by atoms with E-state index in [0.717, 1.165) is 35.5 Å². The zero-order valence-corrected chi connectivity index (χ0v) is 15.7. The Morgan fingerprint density at radius 3 is 2.73 bits per heavy atom. The lowest BCUT2D eigenvalue weighted by molar-refractivity contribution is 0.236. The zero-order chi connectivity index (χ0) is 17.9. The first-order valence-electron chi connectivity index (χ1n) is 9.70. The molecule has 3 aromatic rings. The van der Waals surface area contributed by atoms with Crippen molar-refractivity contribution in [1.29, 1.82) is 0 Å². The van der Waals surface area contributed by atoms with E-state index >= 15 is 0 Å². The van der Waals surface area contributed by atoms with Gasteiger partial charge in [0.1, 0.15) is 5.82 Å². The van der Waals surface area contributed by atoms with Gasteiger partial charge in [0.15, 0.2) is 0 Å². The minimum absolute atomic E-state index is 0.556. The van der Waals surface area contributed by atoms with Crippen LogP contribution in [0.1, 0.15) is 32.3 Å². The molecule has 1 saturated heterocycles. The van der Waals surface area contributed by atoms with E-state index in [1.807, 2.05) is 18.2 Å². The summed E-state index contributed by atoms with van der Waals surface area (Å²) in [6, 6.07) is 18.2. The van der Waals surface area contributed by atoms with Gasteiger partial charge in [0.25, 0.3) is 0 Å². The molecule has 0 amide bonds. The van der Waals surface area contributed by atoms with E-state index in [0.29, 0.717) is 12.1 Å². The summed E-state index contributed by atoms with van der Waals surface area (Å²) < 4.78 is 0. The van der Waals surface area contributed by atoms with Crippen LogP contribution in [0, 0.1) is 0 Å². The fourth-order valence-electron chi connectivity index (χ4n) is 3.80. The summed E-state index contributed by atoms with van der Waals surface area (Å²) in [5.41, 5.74) is 4.62. The van der Waals surface area contributed by atoms with Gasteiger partial charge in [-0.15, -0.1) is 0 Å².